The lowest BCUT2D eigenvalue weighted by molar-refractivity contribution is 0.805. The Balaban J connectivity index is 2.38. The van der Waals surface area contributed by atoms with Gasteiger partial charge in [0.05, 0.1) is 5.69 Å². The molecule has 2 heteroatoms. The van der Waals surface area contributed by atoms with Gasteiger partial charge in [-0.2, -0.15) is 0 Å². The average Bonchev–Trinajstić information content (AvgIpc) is 2.29. The highest BCUT2D eigenvalue weighted by molar-refractivity contribution is 5.85. The van der Waals surface area contributed by atoms with E-state index in [1.807, 2.05) is 12.1 Å². The van der Waals surface area contributed by atoms with Gasteiger partial charge in [-0.1, -0.05) is 37.3 Å². The Bertz CT molecular complexity index is 451. The number of nitrogens with zero attached hydrogens (tertiary/aromatic N) is 1. The predicted octanol–water partition coefficient (Wildman–Crippen LogP) is 2.93. The lowest BCUT2D eigenvalue weighted by Gasteiger charge is -2.18. The third-order valence-electron chi connectivity index (χ3n) is 2.53. The molecule has 0 heterocycles. The molecule has 0 unspecified atom stereocenters. The fraction of sp³-hybridized carbons (Fsp3) is 0.231. The van der Waals surface area contributed by atoms with Crippen LogP contribution in [0.3, 0.4) is 0 Å². The summed E-state index contributed by atoms with van der Waals surface area (Å²) in [5.41, 5.74) is 1.08. The van der Waals surface area contributed by atoms with Gasteiger partial charge in [-0.3, -0.25) is 0 Å². The van der Waals surface area contributed by atoms with Gasteiger partial charge in [0.25, 0.3) is 0 Å². The van der Waals surface area contributed by atoms with Gasteiger partial charge in [-0.15, -0.1) is 0 Å². The number of rotatable bonds is 3. The van der Waals surface area contributed by atoms with E-state index >= 15 is 0 Å². The largest absolute Gasteiger partial charge is 0.311 e. The van der Waals surface area contributed by atoms with Crippen molar-refractivity contribution in [3.8, 4) is 0 Å². The zero-order valence-corrected chi connectivity index (χ0v) is 8.98. The minimum absolute atomic E-state index is 0.887. The van der Waals surface area contributed by atoms with Crippen LogP contribution in [0.25, 0.3) is 10.8 Å². The van der Waals surface area contributed by atoms with Crippen LogP contribution in [-0.2, 0) is 0 Å². The third-order valence-corrected chi connectivity index (χ3v) is 2.53. The standard InChI is InChI=1S/C13H16N2/c1-2-9-15(14)13-8-7-11-5-3-4-6-12(11)10-13/h3-8,10H,2,9,14H2,1H3. The van der Waals surface area contributed by atoms with E-state index in [4.69, 9.17) is 5.84 Å². The molecule has 0 saturated carbocycles. The highest BCUT2D eigenvalue weighted by Gasteiger charge is 2.00. The van der Waals surface area contributed by atoms with E-state index in [0.717, 1.165) is 18.7 Å². The molecule has 0 fully saturated rings. The molecule has 0 aromatic heterocycles. The summed E-state index contributed by atoms with van der Waals surface area (Å²) < 4.78 is 0. The Morgan fingerprint density at radius 1 is 1.07 bits per heavy atom. The molecule has 2 aromatic carbocycles. The van der Waals surface area contributed by atoms with Gasteiger partial charge < -0.3 is 5.01 Å². The Kier molecular flexibility index (Phi) is 2.88. The second-order valence-corrected chi connectivity index (χ2v) is 3.72. The van der Waals surface area contributed by atoms with E-state index in [0.29, 0.717) is 0 Å². The normalized spacial score (nSPS) is 10.5. The third kappa shape index (κ3) is 2.10. The summed E-state index contributed by atoms with van der Waals surface area (Å²) in [7, 11) is 0. The second kappa shape index (κ2) is 4.32. The van der Waals surface area contributed by atoms with Crippen molar-refractivity contribution in [2.45, 2.75) is 13.3 Å². The van der Waals surface area contributed by atoms with Crippen molar-refractivity contribution >= 4 is 16.5 Å². The van der Waals surface area contributed by atoms with Gasteiger partial charge in [-0.25, -0.2) is 5.84 Å². The van der Waals surface area contributed by atoms with Crippen molar-refractivity contribution in [3.05, 3.63) is 42.5 Å². The molecular formula is C13H16N2. The predicted molar refractivity (Wildman–Crippen MR) is 65.8 cm³/mol. The zero-order chi connectivity index (χ0) is 10.7. The van der Waals surface area contributed by atoms with Gasteiger partial charge in [0.1, 0.15) is 0 Å². The molecular weight excluding hydrogens is 184 g/mol. The van der Waals surface area contributed by atoms with Gasteiger partial charge in [-0.05, 0) is 29.3 Å². The number of hydrogen-bond donors (Lipinski definition) is 1. The SMILES string of the molecule is CCCN(N)c1ccc2ccccc2c1. The first-order chi connectivity index (χ1) is 7.31. The van der Waals surface area contributed by atoms with Crippen molar-refractivity contribution in [1.29, 1.82) is 0 Å². The van der Waals surface area contributed by atoms with Gasteiger partial charge in [0, 0.05) is 6.54 Å². The molecule has 0 atom stereocenters. The summed E-state index contributed by atoms with van der Waals surface area (Å²) in [6.07, 6.45) is 1.06. The lowest BCUT2D eigenvalue weighted by atomic mass is 10.1. The van der Waals surface area contributed by atoms with Crippen molar-refractivity contribution < 1.29 is 0 Å². The van der Waals surface area contributed by atoms with E-state index in [1.54, 1.807) is 5.01 Å². The van der Waals surface area contributed by atoms with Crippen LogP contribution >= 0.6 is 0 Å². The van der Waals surface area contributed by atoms with Crippen molar-refractivity contribution in [2.24, 2.45) is 5.84 Å². The summed E-state index contributed by atoms with van der Waals surface area (Å²) in [6, 6.07) is 14.6. The molecule has 0 aliphatic heterocycles. The quantitative estimate of drug-likeness (QED) is 0.609. The van der Waals surface area contributed by atoms with E-state index in [2.05, 4.69) is 37.3 Å². The Morgan fingerprint density at radius 2 is 1.80 bits per heavy atom. The molecule has 0 aliphatic rings. The molecule has 0 aliphatic carbocycles. The molecule has 2 aromatic rings. The highest BCUT2D eigenvalue weighted by atomic mass is 15.4. The van der Waals surface area contributed by atoms with Crippen LogP contribution in [0.2, 0.25) is 0 Å². The number of hydrazine groups is 1. The van der Waals surface area contributed by atoms with Crippen molar-refractivity contribution in [1.82, 2.24) is 0 Å². The molecule has 0 saturated heterocycles. The fourth-order valence-electron chi connectivity index (χ4n) is 1.73. The maximum atomic E-state index is 5.93. The molecule has 0 amide bonds. The number of benzene rings is 2. The van der Waals surface area contributed by atoms with Crippen LogP contribution in [-0.4, -0.2) is 6.54 Å². The van der Waals surface area contributed by atoms with Crippen LogP contribution in [0.5, 0.6) is 0 Å². The smallest absolute Gasteiger partial charge is 0.0523 e. The van der Waals surface area contributed by atoms with Crippen molar-refractivity contribution in [2.75, 3.05) is 11.6 Å². The molecule has 2 nitrogen and oxygen atoms in total. The topological polar surface area (TPSA) is 29.3 Å². The van der Waals surface area contributed by atoms with Crippen LogP contribution in [0, 0.1) is 0 Å². The number of hydrogen-bond acceptors (Lipinski definition) is 2. The molecule has 2 rings (SSSR count). The first kappa shape index (κ1) is 9.99. The number of nitrogens with two attached hydrogens (primary N) is 1. The van der Waals surface area contributed by atoms with Crippen LogP contribution in [0.4, 0.5) is 5.69 Å². The van der Waals surface area contributed by atoms with E-state index in [1.165, 1.54) is 10.8 Å². The van der Waals surface area contributed by atoms with E-state index in [9.17, 15) is 0 Å². The van der Waals surface area contributed by atoms with Gasteiger partial charge in [0.15, 0.2) is 0 Å². The number of fused-ring (bicyclic) bond motifs is 1. The lowest BCUT2D eigenvalue weighted by Crippen LogP contribution is -2.31. The Labute approximate surface area is 90.3 Å². The van der Waals surface area contributed by atoms with Gasteiger partial charge in [0.2, 0.25) is 0 Å². The minimum atomic E-state index is 0.887. The first-order valence-electron chi connectivity index (χ1n) is 5.32. The van der Waals surface area contributed by atoms with Crippen LogP contribution in [0.1, 0.15) is 13.3 Å². The van der Waals surface area contributed by atoms with Crippen molar-refractivity contribution in [3.63, 3.8) is 0 Å². The molecule has 0 spiro atoms. The second-order valence-electron chi connectivity index (χ2n) is 3.72. The minimum Gasteiger partial charge on any atom is -0.311 e. The summed E-state index contributed by atoms with van der Waals surface area (Å²) in [4.78, 5) is 0. The highest BCUT2D eigenvalue weighted by Crippen LogP contribution is 2.20. The monoisotopic (exact) mass is 200 g/mol. The summed E-state index contributed by atoms with van der Waals surface area (Å²) in [6.45, 7) is 3.01. The fourth-order valence-corrected chi connectivity index (χ4v) is 1.73. The van der Waals surface area contributed by atoms with E-state index in [-0.39, 0.29) is 0 Å². The summed E-state index contributed by atoms with van der Waals surface area (Å²) >= 11 is 0. The molecule has 78 valence electrons. The molecule has 0 bridgehead atoms. The van der Waals surface area contributed by atoms with E-state index < -0.39 is 0 Å². The Hall–Kier alpha value is -1.54. The van der Waals surface area contributed by atoms with Crippen LogP contribution < -0.4 is 10.9 Å². The molecule has 2 N–H and O–H groups in total. The average molecular weight is 200 g/mol. The van der Waals surface area contributed by atoms with Gasteiger partial charge >= 0.3 is 0 Å². The summed E-state index contributed by atoms with van der Waals surface area (Å²) in [5, 5.41) is 4.29. The summed E-state index contributed by atoms with van der Waals surface area (Å²) in [5.74, 6) is 5.93. The molecule has 15 heavy (non-hydrogen) atoms. The zero-order valence-electron chi connectivity index (χ0n) is 8.98. The molecule has 0 radical (unpaired) electrons. The Morgan fingerprint density at radius 3 is 2.53 bits per heavy atom. The maximum Gasteiger partial charge on any atom is 0.0523 e. The number of anilines is 1. The first-order valence-corrected chi connectivity index (χ1v) is 5.32. The van der Waals surface area contributed by atoms with Crippen LogP contribution in [0.15, 0.2) is 42.5 Å². The maximum absolute atomic E-state index is 5.93.